The van der Waals surface area contributed by atoms with Crippen molar-refractivity contribution in [3.63, 3.8) is 0 Å². The molecule has 328 valence electrons. The van der Waals surface area contributed by atoms with Crippen molar-refractivity contribution in [2.24, 2.45) is 0 Å². The van der Waals surface area contributed by atoms with Crippen LogP contribution >= 0.6 is 0 Å². The number of aromatic nitrogens is 3. The lowest BCUT2D eigenvalue weighted by Gasteiger charge is -2.35. The number of rotatable bonds is 8. The first-order valence-electron chi connectivity index (χ1n) is 24.2. The predicted molar refractivity (Wildman–Crippen MR) is 299 cm³/mol. The molecule has 0 saturated heterocycles. The number of para-hydroxylation sites is 5. The van der Waals surface area contributed by atoms with Gasteiger partial charge in [-0.1, -0.05) is 218 Å². The molecule has 0 fully saturated rings. The van der Waals surface area contributed by atoms with E-state index in [4.69, 9.17) is 0 Å². The second-order valence-electron chi connectivity index (χ2n) is 18.4. The van der Waals surface area contributed by atoms with Gasteiger partial charge in [-0.3, -0.25) is 0 Å². The summed E-state index contributed by atoms with van der Waals surface area (Å²) in [5, 5.41) is 12.7. The highest BCUT2D eigenvalue weighted by molar-refractivity contribution is 7.20. The molecule has 0 N–H and O–H groups in total. The standard InChI is InChI=1S/C66H45N3Si/c1-5-23-46(24-6-1)52-31-13-18-36-58(52)68-59-37-19-16-34-55(59)56-42-41-47(43-63(56)68)67-62-40-22-17-35-57(62)66-64(67)44-51(45-65(66)69-60-38-20-14-32-53(60)54-33-15-21-39-61(54)69)70(48-25-7-2-8-26-48,49-27-9-3-10-28-49)50-29-11-4-12-30-50/h1-45H. The first-order chi connectivity index (χ1) is 34.8. The molecule has 4 heteroatoms. The molecule has 3 heterocycles. The third kappa shape index (κ3) is 5.94. The van der Waals surface area contributed by atoms with Crippen LogP contribution in [0.25, 0.3) is 93.6 Å². The highest BCUT2D eigenvalue weighted by atomic mass is 28.3. The molecule has 0 unspecified atom stereocenters. The van der Waals surface area contributed by atoms with Crippen molar-refractivity contribution in [3.8, 4) is 28.2 Å². The SMILES string of the molecule is c1ccc(-c2ccccc2-n2c3ccccc3c3ccc(-n4c5ccccc5c5c(-n6c7ccccc7c7ccccc76)cc([Si](c6ccccc6)(c6ccccc6)c6ccccc6)cc54)cc32)cc1. The Bertz CT molecular complexity index is 4130. The quantitative estimate of drug-likeness (QED) is 0.107. The molecular formula is C66H45N3Si. The van der Waals surface area contributed by atoms with Crippen LogP contribution in [0.1, 0.15) is 0 Å². The third-order valence-electron chi connectivity index (χ3n) is 14.8. The van der Waals surface area contributed by atoms with E-state index in [-0.39, 0.29) is 0 Å². The molecule has 14 rings (SSSR count). The lowest BCUT2D eigenvalue weighted by Crippen LogP contribution is -2.74. The van der Waals surface area contributed by atoms with Crippen molar-refractivity contribution in [3.05, 3.63) is 273 Å². The largest absolute Gasteiger partial charge is 0.309 e. The summed E-state index contributed by atoms with van der Waals surface area (Å²) in [6, 6.07) is 102. The first kappa shape index (κ1) is 40.1. The highest BCUT2D eigenvalue weighted by Crippen LogP contribution is 2.42. The van der Waals surface area contributed by atoms with Crippen molar-refractivity contribution < 1.29 is 0 Å². The minimum atomic E-state index is -3.06. The number of nitrogens with zero attached hydrogens (tertiary/aromatic N) is 3. The van der Waals surface area contributed by atoms with E-state index in [1.807, 2.05) is 0 Å². The zero-order valence-electron chi connectivity index (χ0n) is 38.3. The Kier molecular flexibility index (Phi) is 9.23. The van der Waals surface area contributed by atoms with Crippen LogP contribution in [-0.2, 0) is 0 Å². The Balaban J connectivity index is 1.16. The minimum absolute atomic E-state index is 1.11. The van der Waals surface area contributed by atoms with Gasteiger partial charge in [0.2, 0.25) is 0 Å². The van der Waals surface area contributed by atoms with Gasteiger partial charge in [0.05, 0.1) is 44.5 Å². The molecule has 0 aliphatic rings. The van der Waals surface area contributed by atoms with Crippen LogP contribution in [0.3, 0.4) is 0 Å². The van der Waals surface area contributed by atoms with E-state index in [1.54, 1.807) is 0 Å². The fourth-order valence-electron chi connectivity index (χ4n) is 11.9. The highest BCUT2D eigenvalue weighted by Gasteiger charge is 2.42. The predicted octanol–water partition coefficient (Wildman–Crippen LogP) is 14.0. The van der Waals surface area contributed by atoms with E-state index in [2.05, 4.69) is 287 Å². The summed E-state index contributed by atoms with van der Waals surface area (Å²) < 4.78 is 7.59. The average Bonchev–Trinajstić information content (AvgIpc) is 4.08. The van der Waals surface area contributed by atoms with E-state index in [0.717, 1.165) is 22.4 Å². The summed E-state index contributed by atoms with van der Waals surface area (Å²) in [7, 11) is -3.06. The van der Waals surface area contributed by atoms with Crippen molar-refractivity contribution in [1.82, 2.24) is 13.7 Å². The van der Waals surface area contributed by atoms with E-state index >= 15 is 0 Å². The van der Waals surface area contributed by atoms with Crippen LogP contribution in [0.2, 0.25) is 0 Å². The Morgan fingerprint density at radius 3 is 1.20 bits per heavy atom. The van der Waals surface area contributed by atoms with Gasteiger partial charge in [0, 0.05) is 43.6 Å². The van der Waals surface area contributed by atoms with Crippen molar-refractivity contribution >= 4 is 94.2 Å². The number of benzene rings is 11. The smallest absolute Gasteiger partial charge is 0.179 e. The zero-order chi connectivity index (χ0) is 46.2. The Morgan fingerprint density at radius 2 is 0.657 bits per heavy atom. The monoisotopic (exact) mass is 907 g/mol. The van der Waals surface area contributed by atoms with Gasteiger partial charge in [-0.2, -0.15) is 0 Å². The van der Waals surface area contributed by atoms with Crippen LogP contribution in [0.15, 0.2) is 273 Å². The van der Waals surface area contributed by atoms with Gasteiger partial charge < -0.3 is 13.7 Å². The van der Waals surface area contributed by atoms with Gasteiger partial charge in [0.15, 0.2) is 8.07 Å². The average molecular weight is 908 g/mol. The van der Waals surface area contributed by atoms with Crippen LogP contribution < -0.4 is 20.7 Å². The molecule has 0 radical (unpaired) electrons. The van der Waals surface area contributed by atoms with Crippen molar-refractivity contribution in [2.75, 3.05) is 0 Å². The fourth-order valence-corrected chi connectivity index (χ4v) is 16.7. The Morgan fingerprint density at radius 1 is 0.243 bits per heavy atom. The first-order valence-corrected chi connectivity index (χ1v) is 26.2. The summed E-state index contributed by atoms with van der Waals surface area (Å²) in [5.41, 5.74) is 12.9. The maximum atomic E-state index is 2.57. The van der Waals surface area contributed by atoms with E-state index in [9.17, 15) is 0 Å². The van der Waals surface area contributed by atoms with Gasteiger partial charge in [0.25, 0.3) is 0 Å². The van der Waals surface area contributed by atoms with Gasteiger partial charge in [-0.05, 0) is 80.9 Å². The molecule has 0 aliphatic heterocycles. The molecule has 0 amide bonds. The number of hydrogen-bond acceptors (Lipinski definition) is 0. The fraction of sp³-hybridized carbons (Fsp3) is 0. The van der Waals surface area contributed by atoms with Crippen LogP contribution in [0.4, 0.5) is 0 Å². The molecule has 0 spiro atoms. The lowest BCUT2D eigenvalue weighted by atomic mass is 10.0. The Labute approximate surface area is 407 Å². The summed E-state index contributed by atoms with van der Waals surface area (Å²) in [6.45, 7) is 0. The molecule has 0 bridgehead atoms. The van der Waals surface area contributed by atoms with Crippen LogP contribution in [-0.4, -0.2) is 21.8 Å². The normalized spacial score (nSPS) is 12.0. The van der Waals surface area contributed by atoms with E-state index in [0.29, 0.717) is 0 Å². The number of hydrogen-bond donors (Lipinski definition) is 0. The van der Waals surface area contributed by atoms with E-state index < -0.39 is 8.07 Å². The molecule has 3 aromatic heterocycles. The molecule has 14 aromatic rings. The minimum Gasteiger partial charge on any atom is -0.309 e. The summed E-state index contributed by atoms with van der Waals surface area (Å²) in [6.07, 6.45) is 0. The maximum absolute atomic E-state index is 3.06. The van der Waals surface area contributed by atoms with Crippen LogP contribution in [0, 0.1) is 0 Å². The van der Waals surface area contributed by atoms with Crippen molar-refractivity contribution in [1.29, 1.82) is 0 Å². The molecule has 70 heavy (non-hydrogen) atoms. The van der Waals surface area contributed by atoms with Crippen LogP contribution in [0.5, 0.6) is 0 Å². The summed E-state index contributed by atoms with van der Waals surface area (Å²) in [5.74, 6) is 0. The summed E-state index contributed by atoms with van der Waals surface area (Å²) >= 11 is 0. The summed E-state index contributed by atoms with van der Waals surface area (Å²) in [4.78, 5) is 0. The van der Waals surface area contributed by atoms with Gasteiger partial charge in [-0.15, -0.1) is 0 Å². The molecule has 11 aromatic carbocycles. The van der Waals surface area contributed by atoms with Gasteiger partial charge >= 0.3 is 0 Å². The molecule has 0 aliphatic carbocycles. The lowest BCUT2D eigenvalue weighted by molar-refractivity contribution is 1.15. The third-order valence-corrected chi connectivity index (χ3v) is 19.5. The van der Waals surface area contributed by atoms with E-state index in [1.165, 1.54) is 91.9 Å². The molecular weight excluding hydrogens is 863 g/mol. The second kappa shape index (κ2) is 16.1. The van der Waals surface area contributed by atoms with Gasteiger partial charge in [0.1, 0.15) is 0 Å². The zero-order valence-corrected chi connectivity index (χ0v) is 39.3. The van der Waals surface area contributed by atoms with Crippen molar-refractivity contribution in [2.45, 2.75) is 0 Å². The Hall–Kier alpha value is -8.96. The molecule has 0 saturated carbocycles. The second-order valence-corrected chi connectivity index (χ2v) is 22.2. The number of fused-ring (bicyclic) bond motifs is 9. The molecule has 0 atom stereocenters. The van der Waals surface area contributed by atoms with Gasteiger partial charge in [-0.25, -0.2) is 0 Å². The maximum Gasteiger partial charge on any atom is 0.179 e. The topological polar surface area (TPSA) is 14.8 Å². The molecule has 3 nitrogen and oxygen atoms in total.